The van der Waals surface area contributed by atoms with E-state index in [4.69, 9.17) is 0 Å². The van der Waals surface area contributed by atoms with Crippen LogP contribution in [0, 0.1) is 0 Å². The minimum Gasteiger partial charge on any atom is -0.373 e. The van der Waals surface area contributed by atoms with Crippen molar-refractivity contribution in [2.75, 3.05) is 23.8 Å². The Bertz CT molecular complexity index is 549. The number of nitrogens with zero attached hydrogens (tertiary/aromatic N) is 2. The number of rotatable bonds is 2. The quantitative estimate of drug-likeness (QED) is 0.897. The second kappa shape index (κ2) is 4.61. The number of aromatic nitrogens is 1. The lowest BCUT2D eigenvalue weighted by atomic mass is 10.0. The van der Waals surface area contributed by atoms with Crippen LogP contribution in [0.15, 0.2) is 29.6 Å². The molecule has 0 fully saturated rings. The zero-order valence-corrected chi connectivity index (χ0v) is 11.5. The molecule has 18 heavy (non-hydrogen) atoms. The van der Waals surface area contributed by atoms with Crippen LogP contribution >= 0.6 is 11.3 Å². The van der Waals surface area contributed by atoms with Crippen molar-refractivity contribution < 1.29 is 0 Å². The largest absolute Gasteiger partial charge is 0.373 e. The molecule has 0 aromatic carbocycles. The van der Waals surface area contributed by atoms with Crippen molar-refractivity contribution in [3.8, 4) is 0 Å². The summed E-state index contributed by atoms with van der Waals surface area (Å²) in [4.78, 5) is 8.56. The number of hydrogen-bond donors (Lipinski definition) is 1. The van der Waals surface area contributed by atoms with Gasteiger partial charge in [-0.1, -0.05) is 6.07 Å². The van der Waals surface area contributed by atoms with Crippen molar-refractivity contribution in [2.24, 2.45) is 0 Å². The second-order valence-electron chi connectivity index (χ2n) is 4.55. The molecule has 0 saturated carbocycles. The fourth-order valence-corrected chi connectivity index (χ4v) is 3.51. The maximum atomic E-state index is 4.64. The fraction of sp³-hybridized carbons (Fsp3) is 0.357. The fourth-order valence-electron chi connectivity index (χ4n) is 2.54. The van der Waals surface area contributed by atoms with Crippen LogP contribution < -0.4 is 10.2 Å². The average molecular weight is 259 g/mol. The van der Waals surface area contributed by atoms with Gasteiger partial charge in [0.25, 0.3) is 0 Å². The van der Waals surface area contributed by atoms with Gasteiger partial charge in [0.2, 0.25) is 0 Å². The molecule has 0 radical (unpaired) electrons. The highest BCUT2D eigenvalue weighted by Crippen LogP contribution is 2.35. The van der Waals surface area contributed by atoms with E-state index in [1.807, 2.05) is 24.5 Å². The second-order valence-corrected chi connectivity index (χ2v) is 5.55. The predicted molar refractivity (Wildman–Crippen MR) is 77.6 cm³/mol. The highest BCUT2D eigenvalue weighted by Gasteiger charge is 2.25. The smallest absolute Gasteiger partial charge is 0.131 e. The topological polar surface area (TPSA) is 28.2 Å². The van der Waals surface area contributed by atoms with Crippen molar-refractivity contribution in [1.29, 1.82) is 0 Å². The van der Waals surface area contributed by atoms with Gasteiger partial charge >= 0.3 is 0 Å². The van der Waals surface area contributed by atoms with Gasteiger partial charge in [-0.3, -0.25) is 0 Å². The number of hydrogen-bond acceptors (Lipinski definition) is 4. The van der Waals surface area contributed by atoms with E-state index < -0.39 is 0 Å². The van der Waals surface area contributed by atoms with Crippen LogP contribution in [0.25, 0.3) is 0 Å². The molecule has 0 aliphatic carbocycles. The standard InChI is InChI=1S/C14H17N3S/c1-10-11-7-9-18-12(11)6-8-17(10)14-5-3-4-13(15-2)16-14/h3-5,7,9-10H,6,8H2,1-2H3,(H,15,16). The van der Waals surface area contributed by atoms with E-state index in [0.29, 0.717) is 6.04 Å². The predicted octanol–water partition coefficient (Wildman–Crippen LogP) is 3.31. The Hall–Kier alpha value is -1.55. The third-order valence-corrected chi connectivity index (χ3v) is 4.56. The van der Waals surface area contributed by atoms with Crippen LogP contribution in [0.4, 0.5) is 11.6 Å². The van der Waals surface area contributed by atoms with Crippen molar-refractivity contribution in [3.05, 3.63) is 40.1 Å². The van der Waals surface area contributed by atoms with Crippen molar-refractivity contribution >= 4 is 23.0 Å². The van der Waals surface area contributed by atoms with E-state index in [9.17, 15) is 0 Å². The van der Waals surface area contributed by atoms with E-state index >= 15 is 0 Å². The normalized spacial score (nSPS) is 18.6. The Labute approximate surface area is 111 Å². The van der Waals surface area contributed by atoms with Gasteiger partial charge in [0, 0.05) is 18.5 Å². The van der Waals surface area contributed by atoms with E-state index in [-0.39, 0.29) is 0 Å². The van der Waals surface area contributed by atoms with Gasteiger partial charge in [0.1, 0.15) is 11.6 Å². The minimum atomic E-state index is 0.416. The van der Waals surface area contributed by atoms with Gasteiger partial charge < -0.3 is 10.2 Å². The van der Waals surface area contributed by atoms with Gasteiger partial charge in [-0.25, -0.2) is 4.98 Å². The molecule has 4 heteroatoms. The summed E-state index contributed by atoms with van der Waals surface area (Å²) in [5, 5.41) is 5.30. The molecule has 2 aromatic rings. The van der Waals surface area contributed by atoms with E-state index in [2.05, 4.69) is 45.7 Å². The third-order valence-electron chi connectivity index (χ3n) is 3.56. The molecular weight excluding hydrogens is 242 g/mol. The number of nitrogens with one attached hydrogen (secondary N) is 1. The monoisotopic (exact) mass is 259 g/mol. The van der Waals surface area contributed by atoms with Gasteiger partial charge in [-0.05, 0) is 42.5 Å². The highest BCUT2D eigenvalue weighted by molar-refractivity contribution is 7.10. The van der Waals surface area contributed by atoms with E-state index in [1.165, 1.54) is 10.4 Å². The molecule has 0 bridgehead atoms. The van der Waals surface area contributed by atoms with Gasteiger partial charge in [0.05, 0.1) is 6.04 Å². The number of pyridine rings is 1. The molecule has 1 unspecified atom stereocenters. The highest BCUT2D eigenvalue weighted by atomic mass is 32.1. The zero-order chi connectivity index (χ0) is 12.5. The summed E-state index contributed by atoms with van der Waals surface area (Å²) in [7, 11) is 1.91. The van der Waals surface area contributed by atoms with Gasteiger partial charge in [0.15, 0.2) is 0 Å². The van der Waals surface area contributed by atoms with Crippen LogP contribution in [0.3, 0.4) is 0 Å². The molecule has 0 amide bonds. The van der Waals surface area contributed by atoms with E-state index in [0.717, 1.165) is 24.6 Å². The molecule has 0 saturated heterocycles. The van der Waals surface area contributed by atoms with Crippen LogP contribution in [-0.2, 0) is 6.42 Å². The number of anilines is 2. The third kappa shape index (κ3) is 1.86. The summed E-state index contributed by atoms with van der Waals surface area (Å²) >= 11 is 1.87. The molecule has 3 heterocycles. The first-order chi connectivity index (χ1) is 8.79. The first-order valence-electron chi connectivity index (χ1n) is 6.27. The van der Waals surface area contributed by atoms with Crippen LogP contribution in [-0.4, -0.2) is 18.6 Å². The van der Waals surface area contributed by atoms with Crippen molar-refractivity contribution in [2.45, 2.75) is 19.4 Å². The van der Waals surface area contributed by atoms with Gasteiger partial charge in [-0.2, -0.15) is 0 Å². The molecule has 3 rings (SSSR count). The molecule has 1 aliphatic heterocycles. The molecule has 1 atom stereocenters. The molecular formula is C14H17N3S. The Morgan fingerprint density at radius 2 is 2.28 bits per heavy atom. The first kappa shape index (κ1) is 11.5. The lowest BCUT2D eigenvalue weighted by Gasteiger charge is -2.34. The van der Waals surface area contributed by atoms with Crippen LogP contribution in [0.5, 0.6) is 0 Å². The summed E-state index contributed by atoms with van der Waals surface area (Å²) in [6, 6.07) is 8.81. The molecule has 1 N–H and O–H groups in total. The van der Waals surface area contributed by atoms with Crippen molar-refractivity contribution in [3.63, 3.8) is 0 Å². The Morgan fingerprint density at radius 1 is 1.39 bits per heavy atom. The SMILES string of the molecule is CNc1cccc(N2CCc3sccc3C2C)n1. The summed E-state index contributed by atoms with van der Waals surface area (Å²) in [5.41, 5.74) is 1.46. The van der Waals surface area contributed by atoms with Crippen LogP contribution in [0.2, 0.25) is 0 Å². The minimum absolute atomic E-state index is 0.416. The number of thiophene rings is 1. The Kier molecular flexibility index (Phi) is 2.96. The molecule has 2 aromatic heterocycles. The summed E-state index contributed by atoms with van der Waals surface area (Å²) in [6.45, 7) is 3.31. The van der Waals surface area contributed by atoms with E-state index in [1.54, 1.807) is 0 Å². The lowest BCUT2D eigenvalue weighted by Crippen LogP contribution is -2.33. The lowest BCUT2D eigenvalue weighted by molar-refractivity contribution is 0.625. The summed E-state index contributed by atoms with van der Waals surface area (Å²) < 4.78 is 0. The Morgan fingerprint density at radius 3 is 3.11 bits per heavy atom. The molecule has 1 aliphatic rings. The Balaban J connectivity index is 1.94. The first-order valence-corrected chi connectivity index (χ1v) is 7.15. The molecule has 94 valence electrons. The van der Waals surface area contributed by atoms with Crippen LogP contribution in [0.1, 0.15) is 23.4 Å². The molecule has 3 nitrogen and oxygen atoms in total. The maximum Gasteiger partial charge on any atom is 0.131 e. The molecule has 0 spiro atoms. The summed E-state index contributed by atoms with van der Waals surface area (Å²) in [5.74, 6) is 1.99. The summed E-state index contributed by atoms with van der Waals surface area (Å²) in [6.07, 6.45) is 1.13. The maximum absolute atomic E-state index is 4.64. The van der Waals surface area contributed by atoms with Crippen molar-refractivity contribution in [1.82, 2.24) is 4.98 Å². The average Bonchev–Trinajstić information content (AvgIpc) is 2.88. The zero-order valence-electron chi connectivity index (χ0n) is 10.7. The number of fused-ring (bicyclic) bond motifs is 1. The van der Waals surface area contributed by atoms with Gasteiger partial charge in [-0.15, -0.1) is 11.3 Å².